The van der Waals surface area contributed by atoms with Crippen molar-refractivity contribution >= 4 is 28.8 Å². The maximum atomic E-state index is 6.23. The third-order valence-corrected chi connectivity index (χ3v) is 8.79. The molecule has 0 fully saturated rings. The van der Waals surface area contributed by atoms with Crippen LogP contribution < -0.4 is 4.90 Å². The van der Waals surface area contributed by atoms with Crippen molar-refractivity contribution in [3.05, 3.63) is 152 Å². The molecule has 0 saturated heterocycles. The van der Waals surface area contributed by atoms with Gasteiger partial charge in [0.05, 0.1) is 11.4 Å². The van der Waals surface area contributed by atoms with Gasteiger partial charge in [-0.15, -0.1) is 10.2 Å². The number of fused-ring (bicyclic) bond motifs is 2. The van der Waals surface area contributed by atoms with Gasteiger partial charge in [-0.05, 0) is 65.2 Å². The van der Waals surface area contributed by atoms with Gasteiger partial charge in [-0.1, -0.05) is 115 Å². The van der Waals surface area contributed by atoms with E-state index in [0.717, 1.165) is 39.1 Å². The zero-order valence-electron chi connectivity index (χ0n) is 23.1. The number of rotatable bonds is 5. The van der Waals surface area contributed by atoms with Gasteiger partial charge in [0.1, 0.15) is 0 Å². The third kappa shape index (κ3) is 4.51. The monoisotopic (exact) mass is 571 g/mol. The molecule has 0 unspecified atom stereocenters. The third-order valence-electron chi connectivity index (χ3n) is 7.67. The van der Waals surface area contributed by atoms with E-state index in [9.17, 15) is 0 Å². The van der Waals surface area contributed by atoms with Crippen molar-refractivity contribution in [3.8, 4) is 45.2 Å². The van der Waals surface area contributed by atoms with Gasteiger partial charge in [-0.25, -0.2) is 0 Å². The number of hydrogen-bond acceptors (Lipinski definition) is 5. The summed E-state index contributed by atoms with van der Waals surface area (Å²) in [5.41, 5.74) is 9.70. The lowest BCUT2D eigenvalue weighted by Gasteiger charge is -2.35. The van der Waals surface area contributed by atoms with E-state index in [1.165, 1.54) is 21.2 Å². The maximum Gasteiger partial charge on any atom is 0.248 e. The van der Waals surface area contributed by atoms with Crippen LogP contribution in [0.2, 0.25) is 0 Å². The Morgan fingerprint density at radius 3 is 1.74 bits per heavy atom. The molecule has 8 rings (SSSR count). The molecule has 0 atom stereocenters. The molecule has 7 aromatic rings. The molecule has 1 aromatic heterocycles. The smallest absolute Gasteiger partial charge is 0.248 e. The molecule has 0 spiro atoms. The summed E-state index contributed by atoms with van der Waals surface area (Å²) in [5, 5.41) is 8.84. The van der Waals surface area contributed by atoms with Gasteiger partial charge in [0, 0.05) is 32.2 Å². The van der Waals surface area contributed by atoms with Crippen molar-refractivity contribution in [1.82, 2.24) is 10.2 Å². The highest BCUT2D eigenvalue weighted by molar-refractivity contribution is 7.99. The van der Waals surface area contributed by atoms with Crippen molar-refractivity contribution < 1.29 is 4.42 Å². The molecule has 0 N–H and O–H groups in total. The summed E-state index contributed by atoms with van der Waals surface area (Å²) in [6, 6.07) is 52.6. The minimum atomic E-state index is 0.495. The topological polar surface area (TPSA) is 42.2 Å². The highest BCUT2D eigenvalue weighted by Crippen LogP contribution is 2.55. The summed E-state index contributed by atoms with van der Waals surface area (Å²) in [5.74, 6) is 1.000. The molecular formula is C38H25N3OS. The predicted octanol–water partition coefficient (Wildman–Crippen LogP) is 10.7. The fourth-order valence-corrected chi connectivity index (χ4v) is 6.84. The number of aromatic nitrogens is 2. The van der Waals surface area contributed by atoms with E-state index in [4.69, 9.17) is 4.42 Å². The van der Waals surface area contributed by atoms with E-state index in [2.05, 4.69) is 130 Å². The first-order chi connectivity index (χ1) is 21.3. The van der Waals surface area contributed by atoms with Crippen LogP contribution in [0.25, 0.3) is 45.2 Å². The van der Waals surface area contributed by atoms with Crippen molar-refractivity contribution in [2.24, 2.45) is 0 Å². The lowest BCUT2D eigenvalue weighted by molar-refractivity contribution is 0.585. The first-order valence-corrected chi connectivity index (χ1v) is 15.0. The van der Waals surface area contributed by atoms with Crippen LogP contribution in [0.15, 0.2) is 166 Å². The largest absolute Gasteiger partial charge is 0.416 e. The Morgan fingerprint density at radius 2 is 0.977 bits per heavy atom. The van der Waals surface area contributed by atoms with Gasteiger partial charge >= 0.3 is 0 Å². The molecule has 4 nitrogen and oxygen atoms in total. The summed E-state index contributed by atoms with van der Waals surface area (Å²) < 4.78 is 6.23. The number of para-hydroxylation sites is 3. The summed E-state index contributed by atoms with van der Waals surface area (Å²) in [6.07, 6.45) is 0. The van der Waals surface area contributed by atoms with Gasteiger partial charge in [-0.3, -0.25) is 0 Å². The minimum Gasteiger partial charge on any atom is -0.416 e. The normalized spacial score (nSPS) is 12.0. The van der Waals surface area contributed by atoms with E-state index in [0.29, 0.717) is 11.8 Å². The van der Waals surface area contributed by atoms with Crippen LogP contribution >= 0.6 is 11.8 Å². The van der Waals surface area contributed by atoms with Crippen molar-refractivity contribution in [3.63, 3.8) is 0 Å². The van der Waals surface area contributed by atoms with Crippen molar-refractivity contribution in [1.29, 1.82) is 0 Å². The second-order valence-electron chi connectivity index (χ2n) is 10.3. The summed E-state index contributed by atoms with van der Waals surface area (Å²) in [6.45, 7) is 0. The molecule has 0 aliphatic carbocycles. The van der Waals surface area contributed by atoms with E-state index < -0.39 is 0 Å². The van der Waals surface area contributed by atoms with E-state index in [1.807, 2.05) is 48.2 Å². The minimum absolute atomic E-state index is 0.495. The average Bonchev–Trinajstić information content (AvgIpc) is 3.58. The molecule has 2 heterocycles. The van der Waals surface area contributed by atoms with Gasteiger partial charge < -0.3 is 9.32 Å². The Morgan fingerprint density at radius 1 is 0.442 bits per heavy atom. The number of nitrogens with zero attached hydrogens (tertiary/aromatic N) is 3. The Kier molecular flexibility index (Phi) is 6.35. The van der Waals surface area contributed by atoms with Crippen LogP contribution in [0.4, 0.5) is 17.1 Å². The second kappa shape index (κ2) is 10.8. The van der Waals surface area contributed by atoms with Crippen molar-refractivity contribution in [2.75, 3.05) is 4.90 Å². The zero-order valence-corrected chi connectivity index (χ0v) is 23.9. The molecule has 5 heteroatoms. The first kappa shape index (κ1) is 25.3. The lowest BCUT2D eigenvalue weighted by Crippen LogP contribution is -2.16. The molecule has 43 heavy (non-hydrogen) atoms. The van der Waals surface area contributed by atoms with Gasteiger partial charge in [0.15, 0.2) is 0 Å². The Bertz CT molecular complexity index is 2070. The van der Waals surface area contributed by atoms with Gasteiger partial charge in [0.2, 0.25) is 11.8 Å². The molecule has 204 valence electrons. The van der Waals surface area contributed by atoms with Crippen LogP contribution in [0.1, 0.15) is 0 Å². The molecule has 1 aliphatic heterocycles. The quantitative estimate of drug-likeness (QED) is 0.206. The van der Waals surface area contributed by atoms with Crippen LogP contribution in [0, 0.1) is 0 Å². The SMILES string of the molecule is c1ccc(-c2nnc(-c3ccccc3-c3ccccc3-c3cccc4c3N(c3ccccc3)c3ccccc3S4)o2)cc1. The van der Waals surface area contributed by atoms with Crippen LogP contribution in [-0.2, 0) is 0 Å². The number of benzene rings is 6. The average molecular weight is 572 g/mol. The fourth-order valence-electron chi connectivity index (χ4n) is 5.75. The maximum absolute atomic E-state index is 6.23. The Labute approximate surface area is 254 Å². The van der Waals surface area contributed by atoms with Crippen LogP contribution in [0.3, 0.4) is 0 Å². The summed E-state index contributed by atoms with van der Waals surface area (Å²) in [7, 11) is 0. The number of anilines is 3. The molecule has 0 bridgehead atoms. The van der Waals surface area contributed by atoms with Crippen LogP contribution in [0.5, 0.6) is 0 Å². The molecule has 1 aliphatic rings. The van der Waals surface area contributed by atoms with E-state index in [1.54, 1.807) is 0 Å². The molecular weight excluding hydrogens is 547 g/mol. The van der Waals surface area contributed by atoms with E-state index in [-0.39, 0.29) is 0 Å². The standard InChI is InChI=1S/C38H25N3OS/c1-3-14-26(15-4-1)37-39-40-38(42-37)32-21-10-9-20-30(32)28-18-7-8-19-29(28)31-22-13-25-35-36(31)41(27-16-5-2-6-17-27)33-23-11-12-24-34(33)43-35/h1-25H. The van der Waals surface area contributed by atoms with Crippen molar-refractivity contribution in [2.45, 2.75) is 9.79 Å². The lowest BCUT2D eigenvalue weighted by atomic mass is 9.90. The van der Waals surface area contributed by atoms with Gasteiger partial charge in [0.25, 0.3) is 0 Å². The molecule has 6 aromatic carbocycles. The van der Waals surface area contributed by atoms with Crippen LogP contribution in [-0.4, -0.2) is 10.2 Å². The first-order valence-electron chi connectivity index (χ1n) is 14.2. The summed E-state index contributed by atoms with van der Waals surface area (Å²) in [4.78, 5) is 4.84. The Balaban J connectivity index is 1.31. The molecule has 0 saturated carbocycles. The Hall–Kier alpha value is -5.39. The zero-order chi connectivity index (χ0) is 28.6. The fraction of sp³-hybridized carbons (Fsp3) is 0. The highest BCUT2D eigenvalue weighted by atomic mass is 32.2. The second-order valence-corrected chi connectivity index (χ2v) is 11.3. The highest BCUT2D eigenvalue weighted by Gasteiger charge is 2.28. The molecule has 0 radical (unpaired) electrons. The predicted molar refractivity (Wildman–Crippen MR) is 175 cm³/mol. The molecule has 0 amide bonds. The number of hydrogen-bond donors (Lipinski definition) is 0. The van der Waals surface area contributed by atoms with E-state index >= 15 is 0 Å². The summed E-state index contributed by atoms with van der Waals surface area (Å²) >= 11 is 1.82. The van der Waals surface area contributed by atoms with Gasteiger partial charge in [-0.2, -0.15) is 0 Å².